The van der Waals surface area contributed by atoms with Crippen LogP contribution in [0.5, 0.6) is 0 Å². The lowest BCUT2D eigenvalue weighted by molar-refractivity contribution is 0.102. The van der Waals surface area contributed by atoms with Gasteiger partial charge in [-0.1, -0.05) is 24.6 Å². The van der Waals surface area contributed by atoms with E-state index in [-0.39, 0.29) is 10.5 Å². The molecule has 5 nitrogen and oxygen atoms in total. The highest BCUT2D eigenvalue weighted by Gasteiger charge is 2.29. The number of piperidine rings is 1. The molecule has 138 valence electrons. The first-order valence-corrected chi connectivity index (χ1v) is 11.1. The van der Waals surface area contributed by atoms with Crippen molar-refractivity contribution in [1.82, 2.24) is 4.31 Å². The van der Waals surface area contributed by atoms with Gasteiger partial charge in [-0.3, -0.25) is 4.79 Å². The standard InChI is InChI=1S/C19H21IN2O3S/c1-14-9-10-15(13-17(14)20)21-19(23)16-7-3-4-8-18(16)26(24,25)22-11-5-2-6-12-22/h3-4,7-10,13H,2,5-6,11-12H2,1H3,(H,21,23). The fourth-order valence-electron chi connectivity index (χ4n) is 2.99. The van der Waals surface area contributed by atoms with Gasteiger partial charge >= 0.3 is 0 Å². The number of anilines is 1. The van der Waals surface area contributed by atoms with Crippen LogP contribution in [0.25, 0.3) is 0 Å². The molecular formula is C19H21IN2O3S. The Morgan fingerprint density at radius 1 is 1.08 bits per heavy atom. The van der Waals surface area contributed by atoms with Gasteiger partial charge in [-0.15, -0.1) is 0 Å². The van der Waals surface area contributed by atoms with E-state index in [1.165, 1.54) is 10.4 Å². The summed E-state index contributed by atoms with van der Waals surface area (Å²) in [5.74, 6) is -0.416. The number of amides is 1. The molecule has 0 atom stereocenters. The Balaban J connectivity index is 1.91. The van der Waals surface area contributed by atoms with E-state index in [2.05, 4.69) is 27.9 Å². The summed E-state index contributed by atoms with van der Waals surface area (Å²) < 4.78 is 28.5. The fraction of sp³-hybridized carbons (Fsp3) is 0.316. The van der Waals surface area contributed by atoms with E-state index in [0.29, 0.717) is 18.8 Å². The molecule has 1 N–H and O–H groups in total. The number of aryl methyl sites for hydroxylation is 1. The van der Waals surface area contributed by atoms with Gasteiger partial charge in [0, 0.05) is 22.3 Å². The molecule has 7 heteroatoms. The third kappa shape index (κ3) is 4.10. The Labute approximate surface area is 168 Å². The molecular weight excluding hydrogens is 463 g/mol. The van der Waals surface area contributed by atoms with Crippen LogP contribution in [0.2, 0.25) is 0 Å². The molecule has 0 unspecified atom stereocenters. The SMILES string of the molecule is Cc1ccc(NC(=O)c2ccccc2S(=O)(=O)N2CCCCC2)cc1I. The van der Waals surface area contributed by atoms with Crippen molar-refractivity contribution in [2.24, 2.45) is 0 Å². The number of nitrogens with zero attached hydrogens (tertiary/aromatic N) is 1. The highest BCUT2D eigenvalue weighted by Crippen LogP contribution is 2.25. The second kappa shape index (κ2) is 8.06. The lowest BCUT2D eigenvalue weighted by atomic mass is 10.2. The summed E-state index contributed by atoms with van der Waals surface area (Å²) in [5, 5.41) is 2.81. The zero-order chi connectivity index (χ0) is 18.7. The number of carbonyl (C=O) groups excluding carboxylic acids is 1. The van der Waals surface area contributed by atoms with Crippen LogP contribution in [0.15, 0.2) is 47.4 Å². The molecule has 1 saturated heterocycles. The molecule has 2 aromatic carbocycles. The third-order valence-electron chi connectivity index (χ3n) is 4.49. The van der Waals surface area contributed by atoms with Gasteiger partial charge < -0.3 is 5.32 Å². The Hall–Kier alpha value is -1.45. The van der Waals surface area contributed by atoms with E-state index in [0.717, 1.165) is 28.4 Å². The van der Waals surface area contributed by atoms with Gasteiger partial charge in [-0.25, -0.2) is 8.42 Å². The van der Waals surface area contributed by atoms with E-state index in [9.17, 15) is 13.2 Å². The average molecular weight is 484 g/mol. The molecule has 0 radical (unpaired) electrons. The second-order valence-electron chi connectivity index (χ2n) is 6.38. The summed E-state index contributed by atoms with van der Waals surface area (Å²) in [4.78, 5) is 12.8. The maximum Gasteiger partial charge on any atom is 0.257 e. The lowest BCUT2D eigenvalue weighted by Gasteiger charge is -2.26. The first-order valence-electron chi connectivity index (χ1n) is 8.56. The lowest BCUT2D eigenvalue weighted by Crippen LogP contribution is -2.36. The molecule has 0 saturated carbocycles. The molecule has 0 spiro atoms. The molecule has 0 aromatic heterocycles. The maximum atomic E-state index is 13.0. The molecule has 0 aliphatic carbocycles. The Bertz CT molecular complexity index is 922. The van der Waals surface area contributed by atoms with Crippen LogP contribution in [-0.4, -0.2) is 31.7 Å². The number of benzene rings is 2. The van der Waals surface area contributed by atoms with Crippen molar-refractivity contribution >= 4 is 44.2 Å². The summed E-state index contributed by atoms with van der Waals surface area (Å²) in [6.07, 6.45) is 2.75. The van der Waals surface area contributed by atoms with Crippen molar-refractivity contribution in [2.45, 2.75) is 31.1 Å². The average Bonchev–Trinajstić information content (AvgIpc) is 2.65. The molecule has 3 rings (SSSR count). The van der Waals surface area contributed by atoms with Crippen LogP contribution < -0.4 is 5.32 Å². The summed E-state index contributed by atoms with van der Waals surface area (Å²) in [5.41, 5.74) is 1.94. The zero-order valence-corrected chi connectivity index (χ0v) is 17.5. The topological polar surface area (TPSA) is 66.5 Å². The Kier molecular flexibility index (Phi) is 5.99. The summed E-state index contributed by atoms with van der Waals surface area (Å²) >= 11 is 2.21. The first kappa shape index (κ1) is 19.3. The number of hydrogen-bond acceptors (Lipinski definition) is 3. The highest BCUT2D eigenvalue weighted by atomic mass is 127. The number of sulfonamides is 1. The monoisotopic (exact) mass is 484 g/mol. The normalized spacial score (nSPS) is 15.6. The predicted molar refractivity (Wildman–Crippen MR) is 111 cm³/mol. The van der Waals surface area contributed by atoms with Crippen molar-refractivity contribution < 1.29 is 13.2 Å². The predicted octanol–water partition coefficient (Wildman–Crippen LogP) is 4.03. The minimum absolute atomic E-state index is 0.0706. The second-order valence-corrected chi connectivity index (χ2v) is 9.45. The van der Waals surface area contributed by atoms with Crippen LogP contribution in [0.3, 0.4) is 0 Å². The van der Waals surface area contributed by atoms with Crippen molar-refractivity contribution in [3.8, 4) is 0 Å². The smallest absolute Gasteiger partial charge is 0.257 e. The number of carbonyl (C=O) groups is 1. The fourth-order valence-corrected chi connectivity index (χ4v) is 5.21. The minimum Gasteiger partial charge on any atom is -0.322 e. The van der Waals surface area contributed by atoms with Gasteiger partial charge in [0.1, 0.15) is 0 Å². The number of halogens is 1. The molecule has 1 amide bonds. The van der Waals surface area contributed by atoms with E-state index < -0.39 is 15.9 Å². The molecule has 0 bridgehead atoms. The number of hydrogen-bond donors (Lipinski definition) is 1. The van der Waals surface area contributed by atoms with Crippen molar-refractivity contribution in [3.05, 3.63) is 57.2 Å². The van der Waals surface area contributed by atoms with Gasteiger partial charge in [0.05, 0.1) is 10.5 Å². The molecule has 1 aliphatic rings. The van der Waals surface area contributed by atoms with Gasteiger partial charge in [0.25, 0.3) is 5.91 Å². The third-order valence-corrected chi connectivity index (χ3v) is 7.61. The summed E-state index contributed by atoms with van der Waals surface area (Å²) in [7, 11) is -3.67. The van der Waals surface area contributed by atoms with Crippen LogP contribution >= 0.6 is 22.6 Å². The van der Waals surface area contributed by atoms with E-state index >= 15 is 0 Å². The Morgan fingerprint density at radius 2 is 1.77 bits per heavy atom. The summed E-state index contributed by atoms with van der Waals surface area (Å²) in [6.45, 7) is 3.01. The van der Waals surface area contributed by atoms with Crippen LogP contribution in [-0.2, 0) is 10.0 Å². The van der Waals surface area contributed by atoms with Crippen LogP contribution in [0.1, 0.15) is 35.2 Å². The molecule has 1 heterocycles. The van der Waals surface area contributed by atoms with Crippen molar-refractivity contribution in [2.75, 3.05) is 18.4 Å². The molecule has 1 fully saturated rings. The largest absolute Gasteiger partial charge is 0.322 e. The highest BCUT2D eigenvalue weighted by molar-refractivity contribution is 14.1. The van der Waals surface area contributed by atoms with E-state index in [1.54, 1.807) is 18.2 Å². The van der Waals surface area contributed by atoms with Crippen LogP contribution in [0, 0.1) is 10.5 Å². The number of nitrogens with one attached hydrogen (secondary N) is 1. The Morgan fingerprint density at radius 3 is 2.46 bits per heavy atom. The van der Waals surface area contributed by atoms with Gasteiger partial charge in [-0.2, -0.15) is 4.31 Å². The van der Waals surface area contributed by atoms with Crippen LogP contribution in [0.4, 0.5) is 5.69 Å². The van der Waals surface area contributed by atoms with Crippen molar-refractivity contribution in [3.63, 3.8) is 0 Å². The quantitative estimate of drug-likeness (QED) is 0.667. The number of rotatable bonds is 4. The van der Waals surface area contributed by atoms with Gasteiger partial charge in [0.2, 0.25) is 10.0 Å². The minimum atomic E-state index is -3.67. The van der Waals surface area contributed by atoms with Gasteiger partial charge in [0.15, 0.2) is 0 Å². The zero-order valence-electron chi connectivity index (χ0n) is 14.5. The molecule has 1 aliphatic heterocycles. The molecule has 2 aromatic rings. The maximum absolute atomic E-state index is 13.0. The summed E-state index contributed by atoms with van der Waals surface area (Å²) in [6, 6.07) is 12.0. The van der Waals surface area contributed by atoms with E-state index in [1.807, 2.05) is 25.1 Å². The van der Waals surface area contributed by atoms with Gasteiger partial charge in [-0.05, 0) is 72.2 Å². The molecule has 26 heavy (non-hydrogen) atoms. The first-order chi connectivity index (χ1) is 12.4. The van der Waals surface area contributed by atoms with E-state index in [4.69, 9.17) is 0 Å². The van der Waals surface area contributed by atoms with Crippen molar-refractivity contribution in [1.29, 1.82) is 0 Å².